The van der Waals surface area contributed by atoms with Crippen LogP contribution in [0.1, 0.15) is 18.1 Å². The van der Waals surface area contributed by atoms with Gasteiger partial charge >= 0.3 is 0 Å². The minimum Gasteiger partial charge on any atom is -0.377 e. The Labute approximate surface area is 166 Å². The topological polar surface area (TPSA) is 87.7 Å². The van der Waals surface area contributed by atoms with Gasteiger partial charge in [-0.1, -0.05) is 18.2 Å². The van der Waals surface area contributed by atoms with Gasteiger partial charge in [0.25, 0.3) is 0 Å². The number of amides is 1. The van der Waals surface area contributed by atoms with Gasteiger partial charge in [0.2, 0.25) is 15.9 Å². The molecule has 2 aromatic carbocycles. The number of aryl methyl sites for hydroxylation is 1. The first-order valence-corrected chi connectivity index (χ1v) is 10.4. The molecule has 0 aromatic heterocycles. The number of hydrogen-bond donors (Lipinski definition) is 2. The lowest BCUT2D eigenvalue weighted by atomic mass is 10.2. The second-order valence-electron chi connectivity index (χ2n) is 6.50. The maximum atomic E-state index is 12.4. The van der Waals surface area contributed by atoms with E-state index in [2.05, 4.69) is 10.6 Å². The molecule has 28 heavy (non-hydrogen) atoms. The van der Waals surface area contributed by atoms with Crippen LogP contribution in [0, 0.1) is 6.92 Å². The maximum Gasteiger partial charge on any atom is 0.243 e. The number of benzene rings is 2. The summed E-state index contributed by atoms with van der Waals surface area (Å²) in [5, 5.41) is 5.77. The summed E-state index contributed by atoms with van der Waals surface area (Å²) >= 11 is 0. The van der Waals surface area contributed by atoms with E-state index in [1.54, 1.807) is 19.1 Å². The molecule has 0 saturated heterocycles. The van der Waals surface area contributed by atoms with Crippen LogP contribution in [0.3, 0.4) is 0 Å². The SMILES string of the molecule is CCOCc1ccc(NCC(=O)Nc2ccc(C)c(S(=O)(=O)N(C)C)c2)cc1. The van der Waals surface area contributed by atoms with Gasteiger partial charge in [-0.05, 0) is 49.2 Å². The van der Waals surface area contributed by atoms with Crippen LogP contribution in [0.2, 0.25) is 0 Å². The summed E-state index contributed by atoms with van der Waals surface area (Å²) in [6, 6.07) is 12.5. The number of nitrogens with one attached hydrogen (secondary N) is 2. The predicted octanol–water partition coefficient (Wildman–Crippen LogP) is 2.83. The van der Waals surface area contributed by atoms with Crippen molar-refractivity contribution in [2.24, 2.45) is 0 Å². The molecule has 0 aliphatic carbocycles. The third-order valence-corrected chi connectivity index (χ3v) is 6.07. The molecule has 7 nitrogen and oxygen atoms in total. The quantitative estimate of drug-likeness (QED) is 0.670. The molecule has 0 radical (unpaired) electrons. The summed E-state index contributed by atoms with van der Waals surface area (Å²) in [4.78, 5) is 12.4. The molecule has 0 aliphatic rings. The Kier molecular flexibility index (Phi) is 7.56. The average molecular weight is 406 g/mol. The monoisotopic (exact) mass is 405 g/mol. The van der Waals surface area contributed by atoms with Crippen molar-refractivity contribution in [2.75, 3.05) is 37.9 Å². The largest absolute Gasteiger partial charge is 0.377 e. The first-order chi connectivity index (χ1) is 13.2. The average Bonchev–Trinajstić information content (AvgIpc) is 2.66. The molecule has 2 aromatic rings. The maximum absolute atomic E-state index is 12.4. The first kappa shape index (κ1) is 21.9. The third kappa shape index (κ3) is 5.79. The Morgan fingerprint density at radius 3 is 2.32 bits per heavy atom. The van der Waals surface area contributed by atoms with Gasteiger partial charge in [-0.3, -0.25) is 4.79 Å². The summed E-state index contributed by atoms with van der Waals surface area (Å²) in [6.07, 6.45) is 0. The van der Waals surface area contributed by atoms with Crippen molar-refractivity contribution in [3.05, 3.63) is 53.6 Å². The van der Waals surface area contributed by atoms with E-state index < -0.39 is 10.0 Å². The van der Waals surface area contributed by atoms with Gasteiger partial charge in [-0.15, -0.1) is 0 Å². The fourth-order valence-corrected chi connectivity index (χ4v) is 3.62. The molecule has 0 saturated carbocycles. The Balaban J connectivity index is 1.98. The minimum atomic E-state index is -3.58. The molecule has 0 bridgehead atoms. The van der Waals surface area contributed by atoms with Crippen LogP contribution in [0.15, 0.2) is 47.4 Å². The van der Waals surface area contributed by atoms with Crippen LogP contribution in [0.25, 0.3) is 0 Å². The zero-order valence-corrected chi connectivity index (χ0v) is 17.5. The molecule has 0 heterocycles. The van der Waals surface area contributed by atoms with Crippen molar-refractivity contribution >= 4 is 27.3 Å². The number of anilines is 2. The highest BCUT2D eigenvalue weighted by Crippen LogP contribution is 2.22. The minimum absolute atomic E-state index is 0.0639. The summed E-state index contributed by atoms with van der Waals surface area (Å²) in [5.74, 6) is -0.268. The second-order valence-corrected chi connectivity index (χ2v) is 8.62. The molecule has 2 N–H and O–H groups in total. The van der Waals surface area contributed by atoms with Gasteiger partial charge in [0.15, 0.2) is 0 Å². The Bertz CT molecular complexity index is 910. The first-order valence-electron chi connectivity index (χ1n) is 8.97. The van der Waals surface area contributed by atoms with E-state index in [-0.39, 0.29) is 17.3 Å². The van der Waals surface area contributed by atoms with Gasteiger partial charge in [-0.2, -0.15) is 0 Å². The summed E-state index contributed by atoms with van der Waals surface area (Å²) < 4.78 is 31.3. The fraction of sp³-hybridized carbons (Fsp3) is 0.350. The van der Waals surface area contributed by atoms with Crippen LogP contribution in [-0.4, -0.2) is 45.9 Å². The normalized spacial score (nSPS) is 11.5. The summed E-state index contributed by atoms with van der Waals surface area (Å²) in [7, 11) is -0.624. The Hall–Kier alpha value is -2.42. The molecule has 1 amide bonds. The lowest BCUT2D eigenvalue weighted by molar-refractivity contribution is -0.114. The van der Waals surface area contributed by atoms with Crippen LogP contribution in [0.5, 0.6) is 0 Å². The lowest BCUT2D eigenvalue weighted by Gasteiger charge is -2.15. The Morgan fingerprint density at radius 2 is 1.71 bits per heavy atom. The molecule has 0 aliphatic heterocycles. The standard InChI is InChI=1S/C20H27N3O4S/c1-5-27-14-16-7-10-17(11-8-16)21-13-20(24)22-18-9-6-15(2)19(12-18)28(25,26)23(3)4/h6-12,21H,5,13-14H2,1-4H3,(H,22,24). The fourth-order valence-electron chi connectivity index (χ4n) is 2.48. The van der Waals surface area contributed by atoms with Crippen LogP contribution in [0.4, 0.5) is 11.4 Å². The molecule has 0 spiro atoms. The van der Waals surface area contributed by atoms with Gasteiger partial charge in [0.05, 0.1) is 18.0 Å². The highest BCUT2D eigenvalue weighted by atomic mass is 32.2. The number of carbonyl (C=O) groups excluding carboxylic acids is 1. The van der Waals surface area contributed by atoms with E-state index in [4.69, 9.17) is 4.74 Å². The van der Waals surface area contributed by atoms with E-state index in [1.807, 2.05) is 31.2 Å². The van der Waals surface area contributed by atoms with Crippen molar-refractivity contribution in [3.63, 3.8) is 0 Å². The molecular weight excluding hydrogens is 378 g/mol. The number of sulfonamides is 1. The highest BCUT2D eigenvalue weighted by molar-refractivity contribution is 7.89. The molecule has 0 fully saturated rings. The van der Waals surface area contributed by atoms with E-state index in [1.165, 1.54) is 20.2 Å². The van der Waals surface area contributed by atoms with Gasteiger partial charge in [-0.25, -0.2) is 12.7 Å². The zero-order chi connectivity index (χ0) is 20.7. The van der Waals surface area contributed by atoms with Crippen molar-refractivity contribution in [1.29, 1.82) is 0 Å². The van der Waals surface area contributed by atoms with E-state index in [0.29, 0.717) is 24.5 Å². The number of carbonyl (C=O) groups is 1. The van der Waals surface area contributed by atoms with Gasteiger partial charge < -0.3 is 15.4 Å². The molecule has 152 valence electrons. The van der Waals surface area contributed by atoms with Crippen molar-refractivity contribution < 1.29 is 17.9 Å². The number of hydrogen-bond acceptors (Lipinski definition) is 5. The van der Waals surface area contributed by atoms with Crippen LogP contribution >= 0.6 is 0 Å². The van der Waals surface area contributed by atoms with Crippen molar-refractivity contribution in [1.82, 2.24) is 4.31 Å². The molecule has 2 rings (SSSR count). The number of nitrogens with zero attached hydrogens (tertiary/aromatic N) is 1. The van der Waals surface area contributed by atoms with Crippen molar-refractivity contribution in [3.8, 4) is 0 Å². The summed E-state index contributed by atoms with van der Waals surface area (Å²) in [6.45, 7) is 4.95. The van der Waals surface area contributed by atoms with E-state index in [9.17, 15) is 13.2 Å². The highest BCUT2D eigenvalue weighted by Gasteiger charge is 2.20. The lowest BCUT2D eigenvalue weighted by Crippen LogP contribution is -2.24. The van der Waals surface area contributed by atoms with E-state index >= 15 is 0 Å². The van der Waals surface area contributed by atoms with Gasteiger partial charge in [0, 0.05) is 32.1 Å². The van der Waals surface area contributed by atoms with Crippen LogP contribution < -0.4 is 10.6 Å². The molecule has 0 atom stereocenters. The third-order valence-electron chi connectivity index (χ3n) is 4.11. The van der Waals surface area contributed by atoms with Gasteiger partial charge in [0.1, 0.15) is 0 Å². The molecule has 0 unspecified atom stereocenters. The predicted molar refractivity (Wildman–Crippen MR) is 111 cm³/mol. The second kappa shape index (κ2) is 9.68. The number of ether oxygens (including phenoxy) is 1. The summed E-state index contributed by atoms with van der Waals surface area (Å²) in [5.41, 5.74) is 2.93. The van der Waals surface area contributed by atoms with Crippen LogP contribution in [-0.2, 0) is 26.2 Å². The Morgan fingerprint density at radius 1 is 1.07 bits per heavy atom. The zero-order valence-electron chi connectivity index (χ0n) is 16.7. The van der Waals surface area contributed by atoms with E-state index in [0.717, 1.165) is 15.6 Å². The molecular formula is C20H27N3O4S. The smallest absolute Gasteiger partial charge is 0.243 e. The molecule has 8 heteroatoms. The van der Waals surface area contributed by atoms with Crippen molar-refractivity contribution in [2.45, 2.75) is 25.3 Å². The number of rotatable bonds is 9.